The van der Waals surface area contributed by atoms with Gasteiger partial charge in [-0.2, -0.15) is 0 Å². The summed E-state index contributed by atoms with van der Waals surface area (Å²) in [6, 6.07) is 0.506. The maximum Gasteiger partial charge on any atom is 0.127 e. The molecule has 0 fully saturated rings. The zero-order chi connectivity index (χ0) is 13.2. The van der Waals surface area contributed by atoms with Crippen molar-refractivity contribution in [1.29, 1.82) is 0 Å². The third-order valence-corrected chi connectivity index (χ3v) is 3.84. The third-order valence-electron chi connectivity index (χ3n) is 3.84. The molecule has 2 aromatic heterocycles. The van der Waals surface area contributed by atoms with Gasteiger partial charge in [0.25, 0.3) is 0 Å². The van der Waals surface area contributed by atoms with Gasteiger partial charge in [0.05, 0.1) is 6.54 Å². The van der Waals surface area contributed by atoms with Crippen molar-refractivity contribution < 1.29 is 4.63 Å². The molecule has 0 amide bonds. The van der Waals surface area contributed by atoms with Crippen LogP contribution in [0.15, 0.2) is 17.0 Å². The van der Waals surface area contributed by atoms with Crippen molar-refractivity contribution in [3.05, 3.63) is 34.9 Å². The molecule has 1 atom stereocenters. The molecule has 0 aliphatic heterocycles. The van der Waals surface area contributed by atoms with Gasteiger partial charge in [0.1, 0.15) is 11.4 Å². The van der Waals surface area contributed by atoms with Gasteiger partial charge in [0.2, 0.25) is 0 Å². The Hall–Kier alpha value is -1.62. The van der Waals surface area contributed by atoms with Crippen LogP contribution in [0.2, 0.25) is 0 Å². The summed E-state index contributed by atoms with van der Waals surface area (Å²) in [5.41, 5.74) is 4.69. The van der Waals surface area contributed by atoms with Crippen LogP contribution in [-0.4, -0.2) is 21.4 Å². The van der Waals surface area contributed by atoms with Gasteiger partial charge < -0.3 is 9.88 Å². The smallest absolute Gasteiger partial charge is 0.127 e. The average molecular weight is 260 g/mol. The lowest BCUT2D eigenvalue weighted by atomic mass is 9.91. The summed E-state index contributed by atoms with van der Waals surface area (Å²) in [7, 11) is 0. The molecule has 0 radical (unpaired) electrons. The Kier molecular flexibility index (Phi) is 3.38. The highest BCUT2D eigenvalue weighted by Crippen LogP contribution is 2.30. The fraction of sp³-hybridized carbons (Fsp3) is 0.571. The number of rotatable bonds is 4. The van der Waals surface area contributed by atoms with Crippen LogP contribution < -0.4 is 5.32 Å². The molecule has 0 spiro atoms. The van der Waals surface area contributed by atoms with Gasteiger partial charge in [-0.25, -0.2) is 4.63 Å². The van der Waals surface area contributed by atoms with E-state index in [1.807, 2.05) is 6.92 Å². The highest BCUT2D eigenvalue weighted by atomic mass is 16.6. The van der Waals surface area contributed by atoms with Gasteiger partial charge in [-0.15, -0.1) is 0 Å². The summed E-state index contributed by atoms with van der Waals surface area (Å²) in [6.07, 6.45) is 8.16. The topological polar surface area (TPSA) is 55.9 Å². The SMILES string of the molecule is CCNC1CCCc2cn(Cc3nonc3C)cc21. The second kappa shape index (κ2) is 5.17. The van der Waals surface area contributed by atoms with E-state index in [0.717, 1.165) is 24.5 Å². The molecule has 1 unspecified atom stereocenters. The predicted molar refractivity (Wildman–Crippen MR) is 71.9 cm³/mol. The van der Waals surface area contributed by atoms with Crippen molar-refractivity contribution in [2.24, 2.45) is 0 Å². The molecule has 3 rings (SSSR count). The molecule has 0 saturated heterocycles. The average Bonchev–Trinajstić information content (AvgIpc) is 2.98. The monoisotopic (exact) mass is 260 g/mol. The van der Waals surface area contributed by atoms with Crippen LogP contribution in [0.3, 0.4) is 0 Å². The van der Waals surface area contributed by atoms with Crippen molar-refractivity contribution in [3.63, 3.8) is 0 Å². The highest BCUT2D eigenvalue weighted by molar-refractivity contribution is 5.30. The Morgan fingerprint density at radius 3 is 3.05 bits per heavy atom. The van der Waals surface area contributed by atoms with Crippen LogP contribution >= 0.6 is 0 Å². The van der Waals surface area contributed by atoms with Crippen molar-refractivity contribution >= 4 is 0 Å². The van der Waals surface area contributed by atoms with E-state index in [0.29, 0.717) is 6.04 Å². The predicted octanol–water partition coefficient (Wildman–Crippen LogP) is 2.21. The summed E-state index contributed by atoms with van der Waals surface area (Å²) in [6.45, 7) is 5.84. The van der Waals surface area contributed by atoms with E-state index in [4.69, 9.17) is 4.63 Å². The Morgan fingerprint density at radius 1 is 1.42 bits per heavy atom. The van der Waals surface area contributed by atoms with E-state index in [9.17, 15) is 0 Å². The van der Waals surface area contributed by atoms with Crippen molar-refractivity contribution in [1.82, 2.24) is 20.2 Å². The van der Waals surface area contributed by atoms with E-state index in [-0.39, 0.29) is 0 Å². The number of fused-ring (bicyclic) bond motifs is 1. The number of hydrogen-bond acceptors (Lipinski definition) is 4. The molecule has 0 aromatic carbocycles. The van der Waals surface area contributed by atoms with E-state index < -0.39 is 0 Å². The van der Waals surface area contributed by atoms with Crippen LogP contribution in [0, 0.1) is 6.92 Å². The zero-order valence-electron chi connectivity index (χ0n) is 11.5. The Labute approximate surface area is 113 Å². The molecule has 2 aromatic rings. The Morgan fingerprint density at radius 2 is 2.32 bits per heavy atom. The van der Waals surface area contributed by atoms with E-state index in [1.165, 1.54) is 30.4 Å². The largest absolute Gasteiger partial charge is 0.348 e. The minimum atomic E-state index is 0.506. The number of nitrogens with zero attached hydrogens (tertiary/aromatic N) is 3. The number of nitrogens with one attached hydrogen (secondary N) is 1. The molecule has 1 aliphatic carbocycles. The summed E-state index contributed by atoms with van der Waals surface area (Å²) in [4.78, 5) is 0. The van der Waals surface area contributed by atoms with Crippen LogP contribution in [0.1, 0.15) is 48.3 Å². The highest BCUT2D eigenvalue weighted by Gasteiger charge is 2.21. The van der Waals surface area contributed by atoms with Crippen molar-refractivity contribution in [2.45, 2.75) is 45.7 Å². The number of aryl methyl sites for hydroxylation is 2. The standard InChI is InChI=1S/C14H20N4O/c1-3-15-13-6-4-5-11-7-18(8-12(11)13)9-14-10(2)16-19-17-14/h7-8,13,15H,3-6,9H2,1-2H3. The second-order valence-corrected chi connectivity index (χ2v) is 5.21. The van der Waals surface area contributed by atoms with Gasteiger partial charge in [0.15, 0.2) is 0 Å². The van der Waals surface area contributed by atoms with Gasteiger partial charge in [-0.3, -0.25) is 0 Å². The quantitative estimate of drug-likeness (QED) is 0.915. The van der Waals surface area contributed by atoms with E-state index in [1.54, 1.807) is 0 Å². The first kappa shape index (κ1) is 12.4. The van der Waals surface area contributed by atoms with Crippen molar-refractivity contribution in [3.8, 4) is 0 Å². The number of aromatic nitrogens is 3. The molecular weight excluding hydrogens is 240 g/mol. The summed E-state index contributed by atoms with van der Waals surface area (Å²) < 4.78 is 6.95. The Balaban J connectivity index is 1.83. The van der Waals surface area contributed by atoms with Crippen LogP contribution in [0.4, 0.5) is 0 Å². The molecular formula is C14H20N4O. The normalized spacial score (nSPS) is 18.5. The fourth-order valence-electron chi connectivity index (χ4n) is 2.86. The summed E-state index contributed by atoms with van der Waals surface area (Å²) in [5.74, 6) is 0. The first-order valence-electron chi connectivity index (χ1n) is 6.98. The lowest BCUT2D eigenvalue weighted by Gasteiger charge is -2.22. The lowest BCUT2D eigenvalue weighted by Crippen LogP contribution is -2.23. The van der Waals surface area contributed by atoms with Gasteiger partial charge in [0, 0.05) is 18.4 Å². The minimum absolute atomic E-state index is 0.506. The molecule has 19 heavy (non-hydrogen) atoms. The molecule has 1 aliphatic rings. The molecule has 1 N–H and O–H groups in total. The Bertz CT molecular complexity index is 558. The third kappa shape index (κ3) is 2.42. The molecule has 0 saturated carbocycles. The molecule has 2 heterocycles. The first-order chi connectivity index (χ1) is 9.28. The van der Waals surface area contributed by atoms with Crippen LogP contribution in [-0.2, 0) is 13.0 Å². The molecule has 5 nitrogen and oxygen atoms in total. The second-order valence-electron chi connectivity index (χ2n) is 5.21. The van der Waals surface area contributed by atoms with Gasteiger partial charge in [-0.05, 0) is 43.9 Å². The van der Waals surface area contributed by atoms with Crippen LogP contribution in [0.5, 0.6) is 0 Å². The molecule has 0 bridgehead atoms. The minimum Gasteiger partial charge on any atom is -0.348 e. The number of hydrogen-bond donors (Lipinski definition) is 1. The summed E-state index contributed by atoms with van der Waals surface area (Å²) >= 11 is 0. The first-order valence-corrected chi connectivity index (χ1v) is 6.98. The maximum atomic E-state index is 4.75. The zero-order valence-corrected chi connectivity index (χ0v) is 11.5. The lowest BCUT2D eigenvalue weighted by molar-refractivity contribution is 0.300. The van der Waals surface area contributed by atoms with Crippen LogP contribution in [0.25, 0.3) is 0 Å². The fourth-order valence-corrected chi connectivity index (χ4v) is 2.86. The summed E-state index contributed by atoms with van der Waals surface area (Å²) in [5, 5.41) is 11.3. The van der Waals surface area contributed by atoms with Crippen molar-refractivity contribution in [2.75, 3.05) is 6.54 Å². The van der Waals surface area contributed by atoms with E-state index in [2.05, 4.69) is 39.5 Å². The van der Waals surface area contributed by atoms with Gasteiger partial charge in [-0.1, -0.05) is 17.2 Å². The maximum absolute atomic E-state index is 4.75. The van der Waals surface area contributed by atoms with E-state index >= 15 is 0 Å². The molecule has 5 heteroatoms. The molecule has 102 valence electrons. The van der Waals surface area contributed by atoms with Gasteiger partial charge >= 0.3 is 0 Å².